The summed E-state index contributed by atoms with van der Waals surface area (Å²) >= 11 is 1.43. The van der Waals surface area contributed by atoms with Crippen LogP contribution in [0, 0.1) is 0 Å². The molecule has 36 heavy (non-hydrogen) atoms. The normalized spacial score (nSPS) is 10.6. The molecule has 0 aliphatic carbocycles. The van der Waals surface area contributed by atoms with Crippen molar-refractivity contribution >= 4 is 34.6 Å². The molecule has 0 aliphatic rings. The van der Waals surface area contributed by atoms with Gasteiger partial charge in [-0.05, 0) is 35.9 Å². The SMILES string of the molecule is COC(=O)c1ccc(OC)c(COc2c(C(=O)OC)c(SCc3ccccc3)nc3ccccc23)c1. The van der Waals surface area contributed by atoms with E-state index in [2.05, 4.69) is 0 Å². The number of carbonyl (C=O) groups excluding carboxylic acids is 2. The van der Waals surface area contributed by atoms with Gasteiger partial charge in [-0.1, -0.05) is 42.5 Å². The lowest BCUT2D eigenvalue weighted by Gasteiger charge is -2.17. The number of benzene rings is 3. The van der Waals surface area contributed by atoms with Gasteiger partial charge in [-0.15, -0.1) is 11.8 Å². The first-order valence-corrected chi connectivity index (χ1v) is 12.1. The highest BCUT2D eigenvalue weighted by Crippen LogP contribution is 2.38. The summed E-state index contributed by atoms with van der Waals surface area (Å²) in [7, 11) is 4.19. The predicted molar refractivity (Wildman–Crippen MR) is 138 cm³/mol. The zero-order valence-electron chi connectivity index (χ0n) is 20.1. The summed E-state index contributed by atoms with van der Waals surface area (Å²) in [5.74, 6) is 0.495. The van der Waals surface area contributed by atoms with Crippen molar-refractivity contribution in [1.82, 2.24) is 4.98 Å². The summed E-state index contributed by atoms with van der Waals surface area (Å²) in [5, 5.41) is 1.18. The number of methoxy groups -OCH3 is 3. The molecule has 0 radical (unpaired) electrons. The summed E-state index contributed by atoms with van der Waals surface area (Å²) < 4.78 is 21.7. The number of thioether (sulfide) groups is 1. The van der Waals surface area contributed by atoms with Gasteiger partial charge in [-0.25, -0.2) is 14.6 Å². The average Bonchev–Trinajstić information content (AvgIpc) is 2.93. The van der Waals surface area contributed by atoms with Crippen LogP contribution in [0.25, 0.3) is 10.9 Å². The molecule has 4 rings (SSSR count). The highest BCUT2D eigenvalue weighted by molar-refractivity contribution is 7.98. The molecule has 0 bridgehead atoms. The van der Waals surface area contributed by atoms with E-state index < -0.39 is 11.9 Å². The Morgan fingerprint density at radius 3 is 2.31 bits per heavy atom. The van der Waals surface area contributed by atoms with Crippen LogP contribution < -0.4 is 9.47 Å². The Labute approximate surface area is 213 Å². The van der Waals surface area contributed by atoms with Crippen molar-refractivity contribution in [2.45, 2.75) is 17.4 Å². The number of pyridine rings is 1. The van der Waals surface area contributed by atoms with Gasteiger partial charge in [-0.3, -0.25) is 0 Å². The van der Waals surface area contributed by atoms with Gasteiger partial charge in [0.25, 0.3) is 0 Å². The second kappa shape index (κ2) is 11.6. The van der Waals surface area contributed by atoms with Gasteiger partial charge in [-0.2, -0.15) is 0 Å². The molecule has 184 valence electrons. The van der Waals surface area contributed by atoms with Gasteiger partial charge in [0, 0.05) is 16.7 Å². The maximum atomic E-state index is 13.0. The number of esters is 2. The fourth-order valence-electron chi connectivity index (χ4n) is 3.71. The number of para-hydroxylation sites is 1. The number of hydrogen-bond donors (Lipinski definition) is 0. The van der Waals surface area contributed by atoms with Gasteiger partial charge in [0.1, 0.15) is 28.7 Å². The first-order chi connectivity index (χ1) is 17.5. The Balaban J connectivity index is 1.77. The summed E-state index contributed by atoms with van der Waals surface area (Å²) in [4.78, 5) is 29.8. The van der Waals surface area contributed by atoms with Crippen LogP contribution in [0.5, 0.6) is 11.5 Å². The van der Waals surface area contributed by atoms with Gasteiger partial charge in [0.15, 0.2) is 0 Å². The summed E-state index contributed by atoms with van der Waals surface area (Å²) in [6.07, 6.45) is 0. The van der Waals surface area contributed by atoms with Gasteiger partial charge in [0.05, 0.1) is 32.4 Å². The first kappa shape index (κ1) is 25.1. The van der Waals surface area contributed by atoms with Crippen LogP contribution in [0.4, 0.5) is 0 Å². The van der Waals surface area contributed by atoms with E-state index in [0.29, 0.717) is 44.3 Å². The van der Waals surface area contributed by atoms with E-state index in [0.717, 1.165) is 5.56 Å². The van der Waals surface area contributed by atoms with Crippen LogP contribution in [0.2, 0.25) is 0 Å². The molecule has 1 aromatic heterocycles. The van der Waals surface area contributed by atoms with Crippen molar-refractivity contribution < 1.29 is 28.5 Å². The van der Waals surface area contributed by atoms with Crippen LogP contribution in [0.3, 0.4) is 0 Å². The molecule has 0 N–H and O–H groups in total. The topological polar surface area (TPSA) is 84.0 Å². The number of aromatic nitrogens is 1. The van der Waals surface area contributed by atoms with Crippen molar-refractivity contribution in [1.29, 1.82) is 0 Å². The molecule has 0 aliphatic heterocycles. The lowest BCUT2D eigenvalue weighted by Crippen LogP contribution is -2.11. The van der Waals surface area contributed by atoms with Crippen molar-refractivity contribution in [2.75, 3.05) is 21.3 Å². The molecule has 0 unspecified atom stereocenters. The number of carbonyl (C=O) groups is 2. The van der Waals surface area contributed by atoms with Crippen molar-refractivity contribution in [3.8, 4) is 11.5 Å². The lowest BCUT2D eigenvalue weighted by molar-refractivity contribution is 0.0586. The maximum Gasteiger partial charge on any atom is 0.344 e. The predicted octanol–water partition coefficient (Wildman–Crippen LogP) is 5.69. The molecule has 7 nitrogen and oxygen atoms in total. The highest BCUT2D eigenvalue weighted by Gasteiger charge is 2.24. The monoisotopic (exact) mass is 503 g/mol. The average molecular weight is 504 g/mol. The molecule has 4 aromatic rings. The van der Waals surface area contributed by atoms with Crippen LogP contribution in [-0.4, -0.2) is 38.3 Å². The number of rotatable bonds is 9. The Kier molecular flexibility index (Phi) is 8.07. The van der Waals surface area contributed by atoms with E-state index in [1.807, 2.05) is 54.6 Å². The maximum absolute atomic E-state index is 13.0. The number of fused-ring (bicyclic) bond motifs is 1. The van der Waals surface area contributed by atoms with Crippen molar-refractivity contribution in [3.05, 3.63) is 95.1 Å². The van der Waals surface area contributed by atoms with Crippen molar-refractivity contribution in [3.63, 3.8) is 0 Å². The third kappa shape index (κ3) is 5.44. The molecule has 0 saturated heterocycles. The third-order valence-electron chi connectivity index (χ3n) is 5.49. The molecule has 0 fully saturated rings. The number of nitrogens with zero attached hydrogens (tertiary/aromatic N) is 1. The third-order valence-corrected chi connectivity index (χ3v) is 6.54. The first-order valence-electron chi connectivity index (χ1n) is 11.1. The van der Waals surface area contributed by atoms with E-state index in [1.165, 1.54) is 33.1 Å². The van der Waals surface area contributed by atoms with E-state index >= 15 is 0 Å². The molecule has 0 spiro atoms. The standard InChI is InChI=1S/C28H25NO6S/c1-32-23-14-13-19(27(30)33-2)15-20(23)16-35-25-21-11-7-8-12-22(21)29-26(24(25)28(31)34-3)36-17-18-9-5-4-6-10-18/h4-15H,16-17H2,1-3H3. The molecule has 3 aromatic carbocycles. The molecular formula is C28H25NO6S. The second-order valence-electron chi connectivity index (χ2n) is 7.71. The van der Waals surface area contributed by atoms with E-state index in [1.54, 1.807) is 18.2 Å². The zero-order chi connectivity index (χ0) is 25.5. The minimum Gasteiger partial charge on any atom is -0.496 e. The fraction of sp³-hybridized carbons (Fsp3) is 0.179. The van der Waals surface area contributed by atoms with Crippen LogP contribution in [0.15, 0.2) is 77.8 Å². The summed E-state index contributed by atoms with van der Waals surface area (Å²) in [5.41, 5.74) is 3.02. The minimum absolute atomic E-state index is 0.0365. The summed E-state index contributed by atoms with van der Waals surface area (Å²) in [6.45, 7) is 0.0365. The zero-order valence-corrected chi connectivity index (χ0v) is 21.0. The van der Waals surface area contributed by atoms with Crippen LogP contribution >= 0.6 is 11.8 Å². The summed E-state index contributed by atoms with van der Waals surface area (Å²) in [6, 6.07) is 22.3. The number of hydrogen-bond acceptors (Lipinski definition) is 8. The molecule has 8 heteroatoms. The van der Waals surface area contributed by atoms with Gasteiger partial charge < -0.3 is 18.9 Å². The Morgan fingerprint density at radius 2 is 1.58 bits per heavy atom. The minimum atomic E-state index is -0.547. The second-order valence-corrected chi connectivity index (χ2v) is 8.68. The molecule has 0 saturated carbocycles. The van der Waals surface area contributed by atoms with Crippen molar-refractivity contribution in [2.24, 2.45) is 0 Å². The number of ether oxygens (including phenoxy) is 4. The smallest absolute Gasteiger partial charge is 0.344 e. The largest absolute Gasteiger partial charge is 0.496 e. The van der Waals surface area contributed by atoms with E-state index in [9.17, 15) is 9.59 Å². The molecular weight excluding hydrogens is 478 g/mol. The van der Waals surface area contributed by atoms with E-state index in [-0.39, 0.29) is 12.2 Å². The Morgan fingerprint density at radius 1 is 0.861 bits per heavy atom. The van der Waals surface area contributed by atoms with E-state index in [4.69, 9.17) is 23.9 Å². The van der Waals surface area contributed by atoms with Crippen LogP contribution in [-0.2, 0) is 21.8 Å². The highest BCUT2D eigenvalue weighted by atomic mass is 32.2. The molecule has 0 amide bonds. The molecule has 0 atom stereocenters. The Bertz CT molecular complexity index is 1390. The lowest BCUT2D eigenvalue weighted by atomic mass is 10.1. The fourth-order valence-corrected chi connectivity index (χ4v) is 4.69. The van der Waals surface area contributed by atoms with Crippen LogP contribution in [0.1, 0.15) is 31.8 Å². The van der Waals surface area contributed by atoms with Gasteiger partial charge in [0.2, 0.25) is 0 Å². The Hall–Kier alpha value is -4.04. The quantitative estimate of drug-likeness (QED) is 0.213. The van der Waals surface area contributed by atoms with Gasteiger partial charge >= 0.3 is 11.9 Å². The molecule has 1 heterocycles.